The molecule has 1 N–H and O–H groups in total. The largest absolute Gasteiger partial charge is 0.515 e. The predicted octanol–water partition coefficient (Wildman–Crippen LogP) is 2.34. The fourth-order valence-corrected chi connectivity index (χ4v) is 1.62. The summed E-state index contributed by atoms with van der Waals surface area (Å²) in [6, 6.07) is 9.28. The maximum absolute atomic E-state index is 11.3. The van der Waals surface area contributed by atoms with Crippen molar-refractivity contribution in [2.75, 3.05) is 0 Å². The van der Waals surface area contributed by atoms with Crippen molar-refractivity contribution in [2.24, 2.45) is 10.2 Å². The third-order valence-electron chi connectivity index (χ3n) is 2.56. The minimum atomic E-state index is -0.854. The van der Waals surface area contributed by atoms with Crippen LogP contribution in [0.1, 0.15) is 12.5 Å². The van der Waals surface area contributed by atoms with E-state index in [0.717, 1.165) is 11.8 Å². The lowest BCUT2D eigenvalue weighted by molar-refractivity contribution is -0.114. The van der Waals surface area contributed by atoms with Crippen LogP contribution in [-0.4, -0.2) is 11.0 Å². The molecule has 0 aromatic heterocycles. The van der Waals surface area contributed by atoms with Crippen molar-refractivity contribution in [1.29, 1.82) is 0 Å². The van der Waals surface area contributed by atoms with Crippen LogP contribution >= 0.6 is 0 Å². The van der Waals surface area contributed by atoms with Crippen LogP contribution in [0.15, 0.2) is 52.4 Å². The van der Waals surface area contributed by atoms with Gasteiger partial charge in [0.05, 0.1) is 11.8 Å². The van der Waals surface area contributed by atoms with Gasteiger partial charge in [0.2, 0.25) is 0 Å². The maximum Gasteiger partial charge on any atom is 0.297 e. The molecule has 1 amide bonds. The molecular formula is C11H10N2O2. The van der Waals surface area contributed by atoms with Gasteiger partial charge in [-0.3, -0.25) is 4.79 Å². The van der Waals surface area contributed by atoms with Crippen LogP contribution in [-0.2, 0) is 10.3 Å². The highest BCUT2D eigenvalue weighted by Gasteiger charge is 2.40. The van der Waals surface area contributed by atoms with Crippen LogP contribution < -0.4 is 0 Å². The highest BCUT2D eigenvalue weighted by molar-refractivity contribution is 5.97. The topological polar surface area (TPSA) is 62.0 Å². The standard InChI is InChI=1S/C11H10N2O2/c1-11(8-5-3-2-4-6-8)9(7-14)10(15)12-13-11/h2-7,14H,1H3. The number of carbonyl (C=O) groups excluding carboxylic acids is 1. The normalized spacial score (nSPS) is 27.5. The molecule has 1 unspecified atom stereocenters. The molecule has 2 rings (SSSR count). The summed E-state index contributed by atoms with van der Waals surface area (Å²) in [5, 5.41) is 16.4. The number of benzene rings is 1. The summed E-state index contributed by atoms with van der Waals surface area (Å²) in [4.78, 5) is 11.3. The molecule has 0 saturated carbocycles. The Morgan fingerprint density at radius 1 is 1.33 bits per heavy atom. The first-order valence-corrected chi connectivity index (χ1v) is 4.56. The summed E-state index contributed by atoms with van der Waals surface area (Å²) in [6.45, 7) is 1.75. The van der Waals surface area contributed by atoms with Crippen molar-refractivity contribution in [1.82, 2.24) is 0 Å². The van der Waals surface area contributed by atoms with E-state index in [9.17, 15) is 4.79 Å². The Morgan fingerprint density at radius 3 is 2.60 bits per heavy atom. The average Bonchev–Trinajstić information content (AvgIpc) is 2.57. The summed E-state index contributed by atoms with van der Waals surface area (Å²) in [5.74, 6) is -0.483. The number of carbonyl (C=O) groups is 1. The summed E-state index contributed by atoms with van der Waals surface area (Å²) >= 11 is 0. The molecule has 76 valence electrons. The molecule has 1 atom stereocenters. The molecule has 0 saturated heterocycles. The second kappa shape index (κ2) is 3.31. The van der Waals surface area contributed by atoms with Crippen molar-refractivity contribution in [3.8, 4) is 0 Å². The number of nitrogens with zero attached hydrogens (tertiary/aromatic N) is 2. The van der Waals surface area contributed by atoms with E-state index in [1.54, 1.807) is 6.92 Å². The molecule has 4 nitrogen and oxygen atoms in total. The summed E-state index contributed by atoms with van der Waals surface area (Å²) in [7, 11) is 0. The summed E-state index contributed by atoms with van der Waals surface area (Å²) in [6.07, 6.45) is 0.787. The second-order valence-electron chi connectivity index (χ2n) is 3.49. The Balaban J connectivity index is 2.53. The van der Waals surface area contributed by atoms with Gasteiger partial charge in [-0.1, -0.05) is 30.3 Å². The van der Waals surface area contributed by atoms with Crippen LogP contribution in [0.2, 0.25) is 0 Å². The van der Waals surface area contributed by atoms with E-state index in [1.165, 1.54) is 0 Å². The SMILES string of the molecule is CC1(c2ccccc2)N=NC(=O)C1=CO. The summed E-state index contributed by atoms with van der Waals surface area (Å²) in [5.41, 5.74) is 0.182. The number of hydrogen-bond donors (Lipinski definition) is 1. The molecule has 0 spiro atoms. The highest BCUT2D eigenvalue weighted by atomic mass is 16.2. The smallest absolute Gasteiger partial charge is 0.297 e. The number of azo groups is 1. The number of aliphatic hydroxyl groups excluding tert-OH is 1. The summed E-state index contributed by atoms with van der Waals surface area (Å²) < 4.78 is 0. The lowest BCUT2D eigenvalue weighted by atomic mass is 9.86. The van der Waals surface area contributed by atoms with Crippen LogP contribution in [0.5, 0.6) is 0 Å². The number of rotatable bonds is 1. The number of aliphatic hydroxyl groups is 1. The maximum atomic E-state index is 11.3. The third kappa shape index (κ3) is 1.34. The monoisotopic (exact) mass is 202 g/mol. The lowest BCUT2D eigenvalue weighted by Gasteiger charge is -2.19. The minimum Gasteiger partial charge on any atom is -0.515 e. The van der Waals surface area contributed by atoms with Crippen LogP contribution in [0.3, 0.4) is 0 Å². The molecule has 1 aliphatic rings. The van der Waals surface area contributed by atoms with Crippen molar-refractivity contribution in [3.05, 3.63) is 47.7 Å². The van der Waals surface area contributed by atoms with Crippen LogP contribution in [0.4, 0.5) is 0 Å². The molecule has 1 heterocycles. The van der Waals surface area contributed by atoms with E-state index >= 15 is 0 Å². The molecule has 15 heavy (non-hydrogen) atoms. The molecule has 1 aromatic rings. The van der Waals surface area contributed by atoms with E-state index in [2.05, 4.69) is 10.2 Å². The van der Waals surface area contributed by atoms with Gasteiger partial charge in [0.15, 0.2) is 0 Å². The Bertz CT molecular complexity index is 451. The van der Waals surface area contributed by atoms with Gasteiger partial charge in [-0.05, 0) is 12.5 Å². The molecule has 1 aromatic carbocycles. The van der Waals surface area contributed by atoms with Crippen LogP contribution in [0.25, 0.3) is 0 Å². The molecule has 4 heteroatoms. The van der Waals surface area contributed by atoms with Crippen molar-refractivity contribution < 1.29 is 9.90 Å². The Hall–Kier alpha value is -1.97. The molecule has 1 aliphatic heterocycles. The first-order valence-electron chi connectivity index (χ1n) is 4.56. The van der Waals surface area contributed by atoms with Crippen molar-refractivity contribution in [2.45, 2.75) is 12.5 Å². The molecule has 0 radical (unpaired) electrons. The van der Waals surface area contributed by atoms with Gasteiger partial charge < -0.3 is 5.11 Å². The zero-order valence-corrected chi connectivity index (χ0v) is 8.21. The first kappa shape index (κ1) is 9.58. The quantitative estimate of drug-likeness (QED) is 0.561. The highest BCUT2D eigenvalue weighted by Crippen LogP contribution is 2.38. The fraction of sp³-hybridized carbons (Fsp3) is 0.182. The van der Waals surface area contributed by atoms with Gasteiger partial charge in [-0.25, -0.2) is 0 Å². The Morgan fingerprint density at radius 2 is 2.00 bits per heavy atom. The third-order valence-corrected chi connectivity index (χ3v) is 2.56. The minimum absolute atomic E-state index is 0.203. The number of hydrogen-bond acceptors (Lipinski definition) is 3. The second-order valence-corrected chi connectivity index (χ2v) is 3.49. The van der Waals surface area contributed by atoms with Gasteiger partial charge in [0.1, 0.15) is 5.54 Å². The van der Waals surface area contributed by atoms with Crippen LogP contribution in [0, 0.1) is 0 Å². The average molecular weight is 202 g/mol. The first-order chi connectivity index (χ1) is 7.18. The fourth-order valence-electron chi connectivity index (χ4n) is 1.62. The zero-order valence-electron chi connectivity index (χ0n) is 8.21. The Labute approximate surface area is 87.0 Å². The molecule has 0 bridgehead atoms. The van der Waals surface area contributed by atoms with E-state index in [4.69, 9.17) is 5.11 Å². The van der Waals surface area contributed by atoms with E-state index in [1.807, 2.05) is 30.3 Å². The zero-order chi connectivity index (χ0) is 10.9. The number of amides is 1. The van der Waals surface area contributed by atoms with Gasteiger partial charge in [0.25, 0.3) is 5.91 Å². The van der Waals surface area contributed by atoms with E-state index in [0.29, 0.717) is 0 Å². The van der Waals surface area contributed by atoms with Gasteiger partial charge in [-0.2, -0.15) is 5.11 Å². The van der Waals surface area contributed by atoms with Crippen molar-refractivity contribution in [3.63, 3.8) is 0 Å². The predicted molar refractivity (Wildman–Crippen MR) is 54.4 cm³/mol. The van der Waals surface area contributed by atoms with E-state index in [-0.39, 0.29) is 5.57 Å². The molecular weight excluding hydrogens is 192 g/mol. The van der Waals surface area contributed by atoms with Gasteiger partial charge in [0, 0.05) is 0 Å². The molecule has 0 aliphatic carbocycles. The lowest BCUT2D eigenvalue weighted by Crippen LogP contribution is -2.21. The molecule has 0 fully saturated rings. The Kier molecular flexibility index (Phi) is 2.11. The van der Waals surface area contributed by atoms with Gasteiger partial charge in [-0.15, -0.1) is 5.11 Å². The van der Waals surface area contributed by atoms with Gasteiger partial charge >= 0.3 is 0 Å². The van der Waals surface area contributed by atoms with Crippen molar-refractivity contribution >= 4 is 5.91 Å². The van der Waals surface area contributed by atoms with E-state index < -0.39 is 11.4 Å².